The number of benzene rings is 1. The van der Waals surface area contributed by atoms with Crippen molar-refractivity contribution in [3.63, 3.8) is 0 Å². The molecule has 1 aromatic carbocycles. The number of amides is 1. The Labute approximate surface area is 134 Å². The molecule has 1 saturated heterocycles. The van der Waals surface area contributed by atoms with Crippen LogP contribution < -0.4 is 0 Å². The van der Waals surface area contributed by atoms with E-state index in [4.69, 9.17) is 4.74 Å². The van der Waals surface area contributed by atoms with E-state index in [9.17, 15) is 9.18 Å². The number of halogens is 1. The third-order valence-electron chi connectivity index (χ3n) is 4.05. The molecule has 6 heteroatoms. The van der Waals surface area contributed by atoms with Crippen molar-refractivity contribution in [2.24, 2.45) is 0 Å². The molecule has 1 aliphatic heterocycles. The van der Waals surface area contributed by atoms with E-state index in [0.29, 0.717) is 19.7 Å². The topological polar surface area (TPSA) is 55.3 Å². The number of aromatic nitrogens is 2. The summed E-state index contributed by atoms with van der Waals surface area (Å²) in [5.41, 5.74) is 1.53. The fraction of sp³-hybridized carbons (Fsp3) is 0.353. The number of hydrogen-bond donors (Lipinski definition) is 0. The van der Waals surface area contributed by atoms with E-state index in [1.165, 1.54) is 18.5 Å². The quantitative estimate of drug-likeness (QED) is 0.872. The summed E-state index contributed by atoms with van der Waals surface area (Å²) in [5, 5.41) is 0. The van der Waals surface area contributed by atoms with Crippen LogP contribution in [-0.2, 0) is 9.53 Å². The van der Waals surface area contributed by atoms with Crippen molar-refractivity contribution < 1.29 is 13.9 Å². The van der Waals surface area contributed by atoms with Crippen molar-refractivity contribution in [3.05, 3.63) is 59.9 Å². The number of rotatable bonds is 3. The number of hydrogen-bond acceptors (Lipinski definition) is 4. The fourth-order valence-electron chi connectivity index (χ4n) is 2.71. The Hall–Kier alpha value is -2.34. The van der Waals surface area contributed by atoms with Crippen LogP contribution in [0.1, 0.15) is 30.1 Å². The van der Waals surface area contributed by atoms with E-state index in [2.05, 4.69) is 9.97 Å². The summed E-state index contributed by atoms with van der Waals surface area (Å²) in [7, 11) is 0. The maximum Gasteiger partial charge on any atom is 0.230 e. The number of nitrogens with zero attached hydrogens (tertiary/aromatic N) is 3. The number of morpholine rings is 1. The van der Waals surface area contributed by atoms with Gasteiger partial charge in [0.2, 0.25) is 5.91 Å². The van der Waals surface area contributed by atoms with Gasteiger partial charge >= 0.3 is 0 Å². The summed E-state index contributed by atoms with van der Waals surface area (Å²) in [6.45, 7) is 3.22. The second-order valence-electron chi connectivity index (χ2n) is 5.59. The van der Waals surface area contributed by atoms with Gasteiger partial charge in [0.15, 0.2) is 0 Å². The van der Waals surface area contributed by atoms with E-state index >= 15 is 0 Å². The van der Waals surface area contributed by atoms with Gasteiger partial charge in [-0.1, -0.05) is 12.1 Å². The summed E-state index contributed by atoms with van der Waals surface area (Å²) >= 11 is 0. The average molecular weight is 315 g/mol. The lowest BCUT2D eigenvalue weighted by Crippen LogP contribution is -2.44. The van der Waals surface area contributed by atoms with Crippen molar-refractivity contribution in [2.75, 3.05) is 19.7 Å². The van der Waals surface area contributed by atoms with Crippen LogP contribution in [-0.4, -0.2) is 40.5 Å². The molecule has 0 radical (unpaired) electrons. The van der Waals surface area contributed by atoms with Gasteiger partial charge in [0.25, 0.3) is 0 Å². The first-order valence-corrected chi connectivity index (χ1v) is 7.56. The van der Waals surface area contributed by atoms with E-state index in [-0.39, 0.29) is 23.7 Å². The molecule has 0 N–H and O–H groups in total. The lowest BCUT2D eigenvalue weighted by molar-refractivity contribution is -0.140. The highest BCUT2D eigenvalue weighted by Gasteiger charge is 2.29. The predicted octanol–water partition coefficient (Wildman–Crippen LogP) is 2.32. The zero-order valence-electron chi connectivity index (χ0n) is 12.9. The van der Waals surface area contributed by atoms with E-state index < -0.39 is 0 Å². The van der Waals surface area contributed by atoms with E-state index in [1.54, 1.807) is 23.4 Å². The van der Waals surface area contributed by atoms with Crippen LogP contribution in [0.25, 0.3) is 0 Å². The Morgan fingerprint density at radius 3 is 2.91 bits per heavy atom. The molecule has 0 saturated carbocycles. The van der Waals surface area contributed by atoms with Gasteiger partial charge in [-0.15, -0.1) is 0 Å². The molecule has 1 aromatic heterocycles. The third-order valence-corrected chi connectivity index (χ3v) is 4.05. The Kier molecular flexibility index (Phi) is 4.62. The molecule has 1 aliphatic rings. The van der Waals surface area contributed by atoms with Gasteiger partial charge in [0.1, 0.15) is 18.2 Å². The minimum atomic E-state index is -0.317. The minimum Gasteiger partial charge on any atom is -0.370 e. The molecule has 0 unspecified atom stereocenters. The van der Waals surface area contributed by atoms with Gasteiger partial charge in [0, 0.05) is 24.5 Å². The number of ether oxygens (including phenoxy) is 1. The normalized spacial score (nSPS) is 19.4. The van der Waals surface area contributed by atoms with Crippen LogP contribution in [0.4, 0.5) is 4.39 Å². The smallest absolute Gasteiger partial charge is 0.230 e. The van der Waals surface area contributed by atoms with Crippen LogP contribution in [0, 0.1) is 5.82 Å². The van der Waals surface area contributed by atoms with E-state index in [0.717, 1.165) is 11.1 Å². The Morgan fingerprint density at radius 2 is 2.17 bits per heavy atom. The molecular formula is C17H18FN3O2. The minimum absolute atomic E-state index is 0.00417. The van der Waals surface area contributed by atoms with Crippen molar-refractivity contribution >= 4 is 5.91 Å². The lowest BCUT2D eigenvalue weighted by atomic mass is 10.0. The molecule has 120 valence electrons. The maximum absolute atomic E-state index is 13.4. The number of carbonyl (C=O) groups is 1. The monoisotopic (exact) mass is 315 g/mol. The molecule has 1 fully saturated rings. The molecule has 0 bridgehead atoms. The molecule has 5 nitrogen and oxygen atoms in total. The van der Waals surface area contributed by atoms with Crippen molar-refractivity contribution in [3.8, 4) is 0 Å². The largest absolute Gasteiger partial charge is 0.370 e. The number of carbonyl (C=O) groups excluding carboxylic acids is 1. The summed E-state index contributed by atoms with van der Waals surface area (Å²) in [6, 6.07) is 6.31. The molecule has 2 aromatic rings. The van der Waals surface area contributed by atoms with Crippen LogP contribution >= 0.6 is 0 Å². The average Bonchev–Trinajstić information content (AvgIpc) is 2.61. The standard InChI is InChI=1S/C17H18FN3O2/c1-12(14-8-19-11-20-9-14)17(22)21-5-6-23-16(10-21)13-3-2-4-15(18)7-13/h2-4,7-9,11-12,16H,5-6,10H2,1H3/t12-,16-/m1/s1. The highest BCUT2D eigenvalue weighted by atomic mass is 19.1. The second kappa shape index (κ2) is 6.83. The molecule has 0 spiro atoms. The molecule has 2 atom stereocenters. The summed E-state index contributed by atoms with van der Waals surface area (Å²) in [5.74, 6) is -0.615. The van der Waals surface area contributed by atoms with Crippen LogP contribution in [0.15, 0.2) is 43.0 Å². The summed E-state index contributed by atoms with van der Waals surface area (Å²) in [6.07, 6.45) is 4.44. The van der Waals surface area contributed by atoms with Crippen LogP contribution in [0.2, 0.25) is 0 Å². The highest BCUT2D eigenvalue weighted by molar-refractivity contribution is 5.83. The van der Waals surface area contributed by atoms with Gasteiger partial charge in [-0.2, -0.15) is 0 Å². The zero-order valence-corrected chi connectivity index (χ0v) is 12.9. The SMILES string of the molecule is C[C@@H](C(=O)N1CCO[C@@H](c2cccc(F)c2)C1)c1cncnc1. The van der Waals surface area contributed by atoms with Crippen LogP contribution in [0.3, 0.4) is 0 Å². The van der Waals surface area contributed by atoms with Crippen molar-refractivity contribution in [1.29, 1.82) is 0 Å². The Morgan fingerprint density at radius 1 is 1.39 bits per heavy atom. The van der Waals surface area contributed by atoms with Gasteiger partial charge in [-0.3, -0.25) is 4.79 Å². The summed E-state index contributed by atoms with van der Waals surface area (Å²) < 4.78 is 19.1. The van der Waals surface area contributed by atoms with Gasteiger partial charge in [-0.05, 0) is 24.6 Å². The third kappa shape index (κ3) is 3.53. The second-order valence-corrected chi connectivity index (χ2v) is 5.59. The van der Waals surface area contributed by atoms with E-state index in [1.807, 2.05) is 13.0 Å². The van der Waals surface area contributed by atoms with Crippen molar-refractivity contribution in [1.82, 2.24) is 14.9 Å². The molecule has 23 heavy (non-hydrogen) atoms. The Bertz CT molecular complexity index is 681. The van der Waals surface area contributed by atoms with Crippen LogP contribution in [0.5, 0.6) is 0 Å². The Balaban J connectivity index is 1.72. The first-order valence-electron chi connectivity index (χ1n) is 7.56. The first kappa shape index (κ1) is 15.6. The molecular weight excluding hydrogens is 297 g/mol. The highest BCUT2D eigenvalue weighted by Crippen LogP contribution is 2.25. The molecule has 1 amide bonds. The van der Waals surface area contributed by atoms with Gasteiger partial charge < -0.3 is 9.64 Å². The van der Waals surface area contributed by atoms with Crippen molar-refractivity contribution in [2.45, 2.75) is 18.9 Å². The lowest BCUT2D eigenvalue weighted by Gasteiger charge is -2.34. The van der Waals surface area contributed by atoms with Gasteiger partial charge in [-0.25, -0.2) is 14.4 Å². The molecule has 2 heterocycles. The molecule has 0 aliphatic carbocycles. The maximum atomic E-state index is 13.4. The fourth-order valence-corrected chi connectivity index (χ4v) is 2.71. The van der Waals surface area contributed by atoms with Gasteiger partial charge in [0.05, 0.1) is 19.1 Å². The predicted molar refractivity (Wildman–Crippen MR) is 82.1 cm³/mol. The molecule has 3 rings (SSSR count). The summed E-state index contributed by atoms with van der Waals surface area (Å²) in [4.78, 5) is 22.4. The zero-order chi connectivity index (χ0) is 16.2. The first-order chi connectivity index (χ1) is 11.1.